The third-order valence-electron chi connectivity index (χ3n) is 10.9. The molecule has 0 nitrogen and oxygen atoms in total. The molecule has 0 saturated carbocycles. The summed E-state index contributed by atoms with van der Waals surface area (Å²) in [7, 11) is 0. The second-order valence-corrected chi connectivity index (χ2v) is 34.6. The summed E-state index contributed by atoms with van der Waals surface area (Å²) in [5.41, 5.74) is 24.1. The zero-order valence-electron chi connectivity index (χ0n) is 30.0. The fourth-order valence-electron chi connectivity index (χ4n) is 8.67. The van der Waals surface area contributed by atoms with Gasteiger partial charge in [0.15, 0.2) is 0 Å². The van der Waals surface area contributed by atoms with Crippen LogP contribution in [0.5, 0.6) is 0 Å². The zero-order chi connectivity index (χ0) is 32.9. The summed E-state index contributed by atoms with van der Waals surface area (Å²) in [5, 5.41) is 0. The predicted molar refractivity (Wildman–Crippen MR) is 202 cm³/mol. The molecule has 0 N–H and O–H groups in total. The van der Waals surface area contributed by atoms with Crippen LogP contribution in [0, 0.1) is 41.5 Å². The van der Waals surface area contributed by atoms with Crippen LogP contribution in [0.4, 0.5) is 0 Å². The van der Waals surface area contributed by atoms with Gasteiger partial charge in [-0.15, -0.1) is 0 Å². The van der Waals surface area contributed by atoms with Crippen molar-refractivity contribution in [1.29, 1.82) is 0 Å². The molecular formula is C44H53SiZr. The zero-order valence-corrected chi connectivity index (χ0v) is 33.6. The Balaban J connectivity index is 1.54. The van der Waals surface area contributed by atoms with E-state index in [1.165, 1.54) is 92.4 Å². The van der Waals surface area contributed by atoms with E-state index in [1.807, 2.05) is 0 Å². The van der Waals surface area contributed by atoms with Gasteiger partial charge < -0.3 is 0 Å². The van der Waals surface area contributed by atoms with E-state index in [-0.39, 0.29) is 0 Å². The van der Waals surface area contributed by atoms with E-state index in [1.54, 1.807) is 22.3 Å². The molecule has 0 saturated heterocycles. The molecule has 2 atom stereocenters. The summed E-state index contributed by atoms with van der Waals surface area (Å²) < 4.78 is 1.36. The van der Waals surface area contributed by atoms with Gasteiger partial charge in [-0.05, 0) is 0 Å². The van der Waals surface area contributed by atoms with E-state index in [0.717, 1.165) is 0 Å². The normalized spacial score (nSPS) is 16.8. The number of benzene rings is 4. The molecule has 0 amide bonds. The Morgan fingerprint density at radius 1 is 0.565 bits per heavy atom. The molecule has 2 aliphatic rings. The molecule has 0 heterocycles. The number of hydrogen-bond donors (Lipinski definition) is 0. The molecule has 237 valence electrons. The maximum atomic E-state index is 2.72. The van der Waals surface area contributed by atoms with Crippen LogP contribution in [0.15, 0.2) is 71.8 Å². The van der Waals surface area contributed by atoms with Gasteiger partial charge in [0.2, 0.25) is 0 Å². The van der Waals surface area contributed by atoms with Crippen molar-refractivity contribution in [2.24, 2.45) is 0 Å². The Labute approximate surface area is 288 Å². The molecule has 0 bridgehead atoms. The standard InChI is InChI=1S/2C21H23.C2H7Si.Zr/c2*1-5-7-17-12-18-8-6-9-19(21(18)13-17)20-11-14(2)10-15(3)16(20)4;1-3-2;/h2*6,8-13H,5,7H2,1-4H3;3H,1-2H3;. The van der Waals surface area contributed by atoms with Crippen molar-refractivity contribution >= 4 is 18.1 Å². The van der Waals surface area contributed by atoms with E-state index in [4.69, 9.17) is 0 Å². The Kier molecular flexibility index (Phi) is 9.81. The predicted octanol–water partition coefficient (Wildman–Crippen LogP) is 12.6. The number of aryl methyl sites for hydroxylation is 4. The molecule has 0 aliphatic heterocycles. The maximum absolute atomic E-state index is 2.72. The summed E-state index contributed by atoms with van der Waals surface area (Å²) in [5.74, 6) is -0.953. The quantitative estimate of drug-likeness (QED) is 0.153. The van der Waals surface area contributed by atoms with Crippen LogP contribution >= 0.6 is 0 Å². The molecule has 4 aromatic rings. The Bertz CT molecular complexity index is 1740. The Morgan fingerprint density at radius 2 is 0.978 bits per heavy atom. The molecule has 46 heavy (non-hydrogen) atoms. The Morgan fingerprint density at radius 3 is 1.35 bits per heavy atom. The molecular weight excluding hydrogens is 648 g/mol. The summed E-state index contributed by atoms with van der Waals surface area (Å²) in [6.07, 6.45) is 10.3. The van der Waals surface area contributed by atoms with E-state index in [9.17, 15) is 0 Å². The van der Waals surface area contributed by atoms with Crippen molar-refractivity contribution in [3.63, 3.8) is 0 Å². The van der Waals surface area contributed by atoms with Crippen molar-refractivity contribution in [2.75, 3.05) is 0 Å². The van der Waals surface area contributed by atoms with Gasteiger partial charge >= 0.3 is 290 Å². The van der Waals surface area contributed by atoms with Gasteiger partial charge in [-0.25, -0.2) is 0 Å². The number of fused-ring (bicyclic) bond motifs is 2. The molecule has 4 aromatic carbocycles. The average molecular weight is 701 g/mol. The monoisotopic (exact) mass is 699 g/mol. The van der Waals surface area contributed by atoms with Crippen LogP contribution in [0.25, 0.3) is 34.4 Å². The van der Waals surface area contributed by atoms with Crippen molar-refractivity contribution < 1.29 is 20.9 Å². The van der Waals surface area contributed by atoms with Gasteiger partial charge in [-0.2, -0.15) is 0 Å². The van der Waals surface area contributed by atoms with E-state index in [0.29, 0.717) is 7.25 Å². The molecule has 0 fully saturated rings. The average Bonchev–Trinajstić information content (AvgIpc) is 3.55. The summed E-state index contributed by atoms with van der Waals surface area (Å²) >= 11 is -2.18. The van der Waals surface area contributed by atoms with Crippen molar-refractivity contribution in [2.45, 2.75) is 101 Å². The third-order valence-corrected chi connectivity index (χ3v) is 32.7. The first kappa shape index (κ1) is 33.4. The summed E-state index contributed by atoms with van der Waals surface area (Å²) in [6.45, 7) is 23.9. The molecule has 0 spiro atoms. The molecule has 2 aliphatic carbocycles. The fourth-order valence-corrected chi connectivity index (χ4v) is 31.5. The first-order chi connectivity index (χ1) is 22.0. The van der Waals surface area contributed by atoms with Crippen molar-refractivity contribution in [1.82, 2.24) is 0 Å². The van der Waals surface area contributed by atoms with Crippen molar-refractivity contribution in [3.05, 3.63) is 127 Å². The van der Waals surface area contributed by atoms with Crippen molar-refractivity contribution in [3.8, 4) is 22.3 Å². The molecule has 2 heteroatoms. The van der Waals surface area contributed by atoms with Crippen LogP contribution < -0.4 is 0 Å². The van der Waals surface area contributed by atoms with Crippen LogP contribution in [-0.2, 0) is 20.9 Å². The third kappa shape index (κ3) is 5.88. The Hall–Kier alpha value is -2.54. The van der Waals surface area contributed by atoms with Crippen LogP contribution in [0.3, 0.4) is 0 Å². The molecule has 0 radical (unpaired) electrons. The SMILES string of the molecule is CCCC1=Cc2c(-c3cc(C)cc(C)c3C)cccc2[CH]1[Zr]([CH]1C(CCC)=Cc2c(-c3cc(C)cc(C)c3C)cccc21)[SiH](C)C. The number of rotatable bonds is 9. The van der Waals surface area contributed by atoms with Gasteiger partial charge in [0.25, 0.3) is 0 Å². The van der Waals surface area contributed by atoms with Gasteiger partial charge in [0.05, 0.1) is 0 Å². The van der Waals surface area contributed by atoms with Gasteiger partial charge in [-0.1, -0.05) is 0 Å². The van der Waals surface area contributed by atoms with E-state index >= 15 is 0 Å². The minimum absolute atomic E-state index is 0.679. The number of allylic oxidation sites excluding steroid dienone is 2. The molecule has 2 unspecified atom stereocenters. The van der Waals surface area contributed by atoms with Gasteiger partial charge in [-0.3, -0.25) is 0 Å². The summed E-state index contributed by atoms with van der Waals surface area (Å²) in [4.78, 5) is 0. The fraction of sp³-hybridized carbons (Fsp3) is 0.364. The first-order valence-electron chi connectivity index (χ1n) is 17.7. The second-order valence-electron chi connectivity index (χ2n) is 14.6. The van der Waals surface area contributed by atoms with Gasteiger partial charge in [0, 0.05) is 0 Å². The number of hydrogen-bond acceptors (Lipinski definition) is 0. The molecule has 0 aromatic heterocycles. The van der Waals surface area contributed by atoms with Crippen LogP contribution in [0.1, 0.15) is 102 Å². The first-order valence-corrected chi connectivity index (χ1v) is 27.7. The van der Waals surface area contributed by atoms with Gasteiger partial charge in [0.1, 0.15) is 0 Å². The topological polar surface area (TPSA) is 0 Å². The van der Waals surface area contributed by atoms with Crippen LogP contribution in [-0.4, -0.2) is 5.92 Å². The summed E-state index contributed by atoms with van der Waals surface area (Å²) in [6, 6.07) is 24.2. The van der Waals surface area contributed by atoms with E-state index < -0.39 is 26.8 Å². The van der Waals surface area contributed by atoms with E-state index in [2.05, 4.69) is 141 Å². The second kappa shape index (κ2) is 13.5. The van der Waals surface area contributed by atoms with Crippen LogP contribution in [0.2, 0.25) is 13.1 Å². The minimum atomic E-state index is -2.18. The molecule has 6 rings (SSSR count).